The van der Waals surface area contributed by atoms with Crippen molar-refractivity contribution in [3.8, 4) is 0 Å². The van der Waals surface area contributed by atoms with Crippen molar-refractivity contribution in [3.63, 3.8) is 0 Å². The van der Waals surface area contributed by atoms with Gasteiger partial charge in [0.2, 0.25) is 0 Å². The maximum Gasteiger partial charge on any atom is 0.0596 e. The Morgan fingerprint density at radius 1 is 0.778 bits per heavy atom. The van der Waals surface area contributed by atoms with Gasteiger partial charge in [0.05, 0.1) is 4.49 Å². The molecule has 3 heteroatoms. The van der Waals surface area contributed by atoms with Crippen molar-refractivity contribution < 1.29 is 0 Å². The quantitative estimate of drug-likeness (QED) is 0.352. The van der Waals surface area contributed by atoms with Crippen molar-refractivity contribution in [2.45, 2.75) is 120 Å². The highest BCUT2D eigenvalue weighted by Gasteiger charge is 3.06. The molecule has 0 amide bonds. The number of hydrogen-bond acceptors (Lipinski definition) is 1. The molecule has 5 heterocycles. The standard InChI is InChI=1S/C24H38P2S/c1-19(2,3)23-22-16-12-8-11-15-21(22)17-13-9-7-10-14-18(17)25(23)24(21,20(4,5)6)27-26(22)23/h7-16H2,1-6H3/t21?,22?,23-,24+,25?,26?/m0/s1. The van der Waals surface area contributed by atoms with E-state index in [-0.39, 0.29) is 15.0 Å². The van der Waals surface area contributed by atoms with Crippen LogP contribution in [0.4, 0.5) is 0 Å². The van der Waals surface area contributed by atoms with Gasteiger partial charge in [-0.1, -0.05) is 72.8 Å². The molecule has 0 radical (unpaired) electrons. The summed E-state index contributed by atoms with van der Waals surface area (Å²) in [6.45, 7) is 15.9. The summed E-state index contributed by atoms with van der Waals surface area (Å²) in [7, 11) is 0.195. The molecule has 4 saturated heterocycles. The van der Waals surface area contributed by atoms with Crippen molar-refractivity contribution in [3.05, 3.63) is 10.9 Å². The molecule has 7 rings (SSSR count). The molecule has 5 aliphatic heterocycles. The summed E-state index contributed by atoms with van der Waals surface area (Å²) >= 11 is 2.65. The molecule has 0 aromatic carbocycles. The van der Waals surface area contributed by atoms with Crippen molar-refractivity contribution >= 4 is 26.4 Å². The van der Waals surface area contributed by atoms with E-state index in [4.69, 9.17) is 0 Å². The molecule has 5 fully saturated rings. The Labute approximate surface area is 173 Å². The second kappa shape index (κ2) is 5.05. The van der Waals surface area contributed by atoms with Gasteiger partial charge in [0.1, 0.15) is 0 Å². The summed E-state index contributed by atoms with van der Waals surface area (Å²) in [5.74, 6) is 0. The second-order valence-corrected chi connectivity index (χ2v) is 20.0. The van der Waals surface area contributed by atoms with Gasteiger partial charge in [0.15, 0.2) is 0 Å². The van der Waals surface area contributed by atoms with Gasteiger partial charge in [-0.15, -0.1) is 11.4 Å². The molecule has 4 unspecified atom stereocenters. The number of allylic oxidation sites excluding steroid dienone is 2. The first-order chi connectivity index (χ1) is 12.6. The van der Waals surface area contributed by atoms with E-state index in [0.29, 0.717) is 20.7 Å². The molecule has 6 bridgehead atoms. The predicted molar refractivity (Wildman–Crippen MR) is 124 cm³/mol. The fraction of sp³-hybridized carbons (Fsp3) is 0.917. The minimum Gasteiger partial charge on any atom is -0.119 e. The molecular weight excluding hydrogens is 382 g/mol. The van der Waals surface area contributed by atoms with E-state index in [0.717, 1.165) is 10.1 Å². The molecule has 0 N–H and O–H groups in total. The smallest absolute Gasteiger partial charge is 0.0596 e. The van der Waals surface area contributed by atoms with Crippen LogP contribution in [0, 0.1) is 16.2 Å². The first kappa shape index (κ1) is 18.7. The van der Waals surface area contributed by atoms with Gasteiger partial charge in [-0.05, 0) is 69.7 Å². The van der Waals surface area contributed by atoms with Crippen LogP contribution in [-0.2, 0) is 0 Å². The summed E-state index contributed by atoms with van der Waals surface area (Å²) in [6, 6.07) is 0. The average molecular weight is 421 g/mol. The van der Waals surface area contributed by atoms with Crippen LogP contribution >= 0.6 is 26.4 Å². The topological polar surface area (TPSA) is 0 Å². The highest BCUT2D eigenvalue weighted by molar-refractivity contribution is 8.66. The van der Waals surface area contributed by atoms with Crippen molar-refractivity contribution in [1.82, 2.24) is 0 Å². The molecule has 6 atom stereocenters. The molecule has 0 nitrogen and oxygen atoms in total. The molecule has 2 aliphatic carbocycles. The van der Waals surface area contributed by atoms with Crippen LogP contribution in [0.5, 0.6) is 0 Å². The van der Waals surface area contributed by atoms with Crippen molar-refractivity contribution in [2.75, 3.05) is 0 Å². The van der Waals surface area contributed by atoms with Gasteiger partial charge in [0.25, 0.3) is 0 Å². The molecule has 0 aromatic heterocycles. The Kier molecular flexibility index (Phi) is 3.50. The third kappa shape index (κ3) is 1.52. The first-order valence-electron chi connectivity index (χ1n) is 11.7. The summed E-state index contributed by atoms with van der Waals surface area (Å²) < 4.78 is 0.598. The van der Waals surface area contributed by atoms with E-state index in [1.54, 1.807) is 12.8 Å². The monoisotopic (exact) mass is 420 g/mol. The van der Waals surface area contributed by atoms with Crippen LogP contribution in [-0.4, -0.2) is 14.5 Å². The Hall–Kier alpha value is 0.950. The molecule has 0 aromatic rings. The van der Waals surface area contributed by atoms with E-state index in [9.17, 15) is 0 Å². The lowest BCUT2D eigenvalue weighted by atomic mass is 9.56. The molecule has 7 aliphatic rings. The summed E-state index contributed by atoms with van der Waals surface area (Å²) in [6.07, 6.45) is 15.2. The van der Waals surface area contributed by atoms with Crippen LogP contribution < -0.4 is 0 Å². The normalized spacial score (nSPS) is 53.1. The van der Waals surface area contributed by atoms with Gasteiger partial charge in [-0.3, -0.25) is 0 Å². The number of hydrogen-bond donors (Lipinski definition) is 0. The fourth-order valence-electron chi connectivity index (χ4n) is 9.16. The van der Waals surface area contributed by atoms with Crippen LogP contribution in [0.25, 0.3) is 0 Å². The van der Waals surface area contributed by atoms with Gasteiger partial charge >= 0.3 is 0 Å². The maximum absolute atomic E-state index is 2.66. The van der Waals surface area contributed by atoms with Crippen LogP contribution in [0.1, 0.15) is 106 Å². The average Bonchev–Trinajstić information content (AvgIpc) is 2.91. The molecule has 1 saturated carbocycles. The zero-order valence-corrected chi connectivity index (χ0v) is 21.0. The lowest BCUT2D eigenvalue weighted by Gasteiger charge is -2.51. The SMILES string of the molecule is CC(C)(C)[C@@]12SP3C45CCCCCC41C1=C(CCCCC1)P2[C@@]35C(C)(C)C. The first-order valence-corrected chi connectivity index (χ1v) is 15.8. The molecule has 27 heavy (non-hydrogen) atoms. The summed E-state index contributed by atoms with van der Waals surface area (Å²) in [5.41, 5.74) is 3.68. The highest BCUT2D eigenvalue weighted by Crippen LogP contribution is 3.25. The lowest BCUT2D eigenvalue weighted by Crippen LogP contribution is -2.52. The van der Waals surface area contributed by atoms with Crippen LogP contribution in [0.3, 0.4) is 0 Å². The van der Waals surface area contributed by atoms with E-state index >= 15 is 0 Å². The highest BCUT2D eigenvalue weighted by atomic mass is 32.7. The van der Waals surface area contributed by atoms with Crippen molar-refractivity contribution in [2.24, 2.45) is 16.2 Å². The zero-order valence-electron chi connectivity index (χ0n) is 18.4. The fourth-order valence-corrected chi connectivity index (χ4v) is 31.0. The third-order valence-electron chi connectivity index (χ3n) is 9.44. The minimum absolute atomic E-state index is 0.0286. The van der Waals surface area contributed by atoms with Gasteiger partial charge in [-0.25, -0.2) is 0 Å². The molecule has 150 valence electrons. The Balaban J connectivity index is 1.71. The van der Waals surface area contributed by atoms with Gasteiger partial charge < -0.3 is 0 Å². The summed E-state index contributed by atoms with van der Waals surface area (Å²) in [5, 5.41) is 2.86. The second-order valence-electron chi connectivity index (χ2n) is 12.3. The lowest BCUT2D eigenvalue weighted by molar-refractivity contribution is 0.148. The maximum atomic E-state index is 2.66. The molecule has 2 spiro atoms. The van der Waals surface area contributed by atoms with E-state index < -0.39 is 0 Å². The van der Waals surface area contributed by atoms with E-state index in [1.165, 1.54) is 51.4 Å². The Morgan fingerprint density at radius 3 is 2.15 bits per heavy atom. The zero-order chi connectivity index (χ0) is 19.1. The van der Waals surface area contributed by atoms with Crippen molar-refractivity contribution in [1.29, 1.82) is 0 Å². The van der Waals surface area contributed by atoms with Crippen LogP contribution in [0.15, 0.2) is 10.9 Å². The van der Waals surface area contributed by atoms with E-state index in [2.05, 4.69) is 63.8 Å². The predicted octanol–water partition coefficient (Wildman–Crippen LogP) is 9.05. The third-order valence-corrected chi connectivity index (χ3v) is 24.5. The van der Waals surface area contributed by atoms with Gasteiger partial charge in [-0.2, -0.15) is 0 Å². The van der Waals surface area contributed by atoms with Crippen LogP contribution in [0.2, 0.25) is 0 Å². The minimum atomic E-state index is 0.0286. The largest absolute Gasteiger partial charge is 0.119 e. The number of rotatable bonds is 0. The van der Waals surface area contributed by atoms with E-state index in [1.807, 2.05) is 0 Å². The van der Waals surface area contributed by atoms with Gasteiger partial charge in [0, 0.05) is 15.5 Å². The Bertz CT molecular complexity index is 757. The summed E-state index contributed by atoms with van der Waals surface area (Å²) in [4.78, 5) is 0.732. The Morgan fingerprint density at radius 2 is 1.44 bits per heavy atom. The molecular formula is C24H38P2S.